The van der Waals surface area contributed by atoms with E-state index in [2.05, 4.69) is 5.32 Å². The number of hydrogen-bond donors (Lipinski definition) is 2. The quantitative estimate of drug-likeness (QED) is 0.871. The summed E-state index contributed by atoms with van der Waals surface area (Å²) in [4.78, 5) is 23.9. The summed E-state index contributed by atoms with van der Waals surface area (Å²) in [6.45, 7) is 0.464. The molecule has 2 aromatic rings. The minimum Gasteiger partial charge on any atom is -0.475 e. The third-order valence-electron chi connectivity index (χ3n) is 2.61. The van der Waals surface area contributed by atoms with Crippen LogP contribution in [0.4, 0.5) is 4.79 Å². The highest BCUT2D eigenvalue weighted by molar-refractivity contribution is 5.84. The van der Waals surface area contributed by atoms with Gasteiger partial charge >= 0.3 is 12.0 Å². The number of carbonyl (C=O) groups excluding carboxylic acids is 1. The molecule has 0 aliphatic carbocycles. The van der Waals surface area contributed by atoms with Crippen LogP contribution in [0.1, 0.15) is 22.1 Å². The molecular formula is C13H14N2O5. The van der Waals surface area contributed by atoms with Crippen LogP contribution in [-0.4, -0.2) is 29.1 Å². The van der Waals surface area contributed by atoms with Gasteiger partial charge in [-0.3, -0.25) is 0 Å². The second kappa shape index (κ2) is 5.96. The normalized spacial score (nSPS) is 10.2. The van der Waals surface area contributed by atoms with Gasteiger partial charge in [0.15, 0.2) is 0 Å². The lowest BCUT2D eigenvalue weighted by molar-refractivity contribution is 0.0660. The van der Waals surface area contributed by atoms with Crippen LogP contribution in [0.25, 0.3) is 0 Å². The van der Waals surface area contributed by atoms with Crippen molar-refractivity contribution in [2.75, 3.05) is 7.05 Å². The minimum atomic E-state index is -1.14. The number of carboxylic acids is 1. The molecule has 0 fully saturated rings. The van der Waals surface area contributed by atoms with Gasteiger partial charge in [-0.05, 0) is 24.3 Å². The Labute approximate surface area is 114 Å². The smallest absolute Gasteiger partial charge is 0.371 e. The predicted octanol–water partition coefficient (Wildman–Crippen LogP) is 1.91. The predicted molar refractivity (Wildman–Crippen MR) is 68.1 cm³/mol. The van der Waals surface area contributed by atoms with Crippen LogP contribution in [0, 0.1) is 0 Å². The number of furan rings is 2. The number of rotatable bonds is 5. The maximum Gasteiger partial charge on any atom is 0.371 e. The molecule has 7 nitrogen and oxygen atoms in total. The van der Waals surface area contributed by atoms with E-state index in [0.29, 0.717) is 18.1 Å². The fourth-order valence-corrected chi connectivity index (χ4v) is 1.59. The first-order chi connectivity index (χ1) is 9.56. The highest BCUT2D eigenvalue weighted by Gasteiger charge is 2.12. The molecule has 2 heterocycles. The maximum atomic E-state index is 11.8. The summed E-state index contributed by atoms with van der Waals surface area (Å²) in [7, 11) is 1.63. The summed E-state index contributed by atoms with van der Waals surface area (Å²) in [5.74, 6) is -0.244. The Bertz CT molecular complexity index is 588. The Morgan fingerprint density at radius 2 is 2.10 bits per heavy atom. The zero-order chi connectivity index (χ0) is 14.5. The van der Waals surface area contributed by atoms with E-state index in [9.17, 15) is 9.59 Å². The highest BCUT2D eigenvalue weighted by atomic mass is 16.4. The lowest BCUT2D eigenvalue weighted by Gasteiger charge is -2.16. The van der Waals surface area contributed by atoms with Gasteiger partial charge in [0, 0.05) is 7.05 Å². The van der Waals surface area contributed by atoms with Crippen molar-refractivity contribution in [2.24, 2.45) is 0 Å². The molecule has 0 aromatic carbocycles. The average molecular weight is 278 g/mol. The van der Waals surface area contributed by atoms with Gasteiger partial charge in [0.25, 0.3) is 0 Å². The number of urea groups is 1. The molecule has 0 atom stereocenters. The molecule has 0 saturated heterocycles. The van der Waals surface area contributed by atoms with Gasteiger partial charge in [-0.2, -0.15) is 0 Å². The van der Waals surface area contributed by atoms with Gasteiger partial charge in [-0.15, -0.1) is 0 Å². The SMILES string of the molecule is CN(Cc1ccco1)C(=O)NCc1ccc(C(=O)O)o1. The van der Waals surface area contributed by atoms with E-state index in [1.807, 2.05) is 0 Å². The number of nitrogens with one attached hydrogen (secondary N) is 1. The summed E-state index contributed by atoms with van der Waals surface area (Å²) in [5, 5.41) is 11.3. The highest BCUT2D eigenvalue weighted by Crippen LogP contribution is 2.08. The number of nitrogens with zero attached hydrogens (tertiary/aromatic N) is 1. The summed E-state index contributed by atoms with van der Waals surface area (Å²) in [6.07, 6.45) is 1.54. The zero-order valence-corrected chi connectivity index (χ0v) is 10.8. The summed E-state index contributed by atoms with van der Waals surface area (Å²) >= 11 is 0. The summed E-state index contributed by atoms with van der Waals surface area (Å²) < 4.78 is 10.2. The number of carbonyl (C=O) groups is 2. The molecule has 0 spiro atoms. The fourth-order valence-electron chi connectivity index (χ4n) is 1.59. The van der Waals surface area contributed by atoms with Crippen molar-refractivity contribution in [3.8, 4) is 0 Å². The Balaban J connectivity index is 1.83. The molecule has 106 valence electrons. The molecule has 0 aliphatic heterocycles. The number of carboxylic acid groups (broad SMARTS) is 1. The third kappa shape index (κ3) is 3.41. The Morgan fingerprint density at radius 3 is 2.70 bits per heavy atom. The van der Waals surface area contributed by atoms with E-state index >= 15 is 0 Å². The Kier molecular flexibility index (Phi) is 4.09. The van der Waals surface area contributed by atoms with Crippen molar-refractivity contribution in [1.29, 1.82) is 0 Å². The molecular weight excluding hydrogens is 264 g/mol. The number of amides is 2. The van der Waals surface area contributed by atoms with Gasteiger partial charge in [0.05, 0.1) is 19.4 Å². The van der Waals surface area contributed by atoms with Crippen molar-refractivity contribution in [2.45, 2.75) is 13.1 Å². The van der Waals surface area contributed by atoms with Crippen molar-refractivity contribution in [3.63, 3.8) is 0 Å². The molecule has 7 heteroatoms. The molecule has 2 N–H and O–H groups in total. The van der Waals surface area contributed by atoms with E-state index in [1.165, 1.54) is 23.3 Å². The van der Waals surface area contributed by atoms with Gasteiger partial charge in [-0.25, -0.2) is 9.59 Å². The molecule has 0 bridgehead atoms. The van der Waals surface area contributed by atoms with Crippen LogP contribution >= 0.6 is 0 Å². The van der Waals surface area contributed by atoms with Crippen LogP contribution in [0.15, 0.2) is 39.4 Å². The molecule has 20 heavy (non-hydrogen) atoms. The molecule has 0 radical (unpaired) electrons. The number of hydrogen-bond acceptors (Lipinski definition) is 4. The largest absolute Gasteiger partial charge is 0.475 e. The topological polar surface area (TPSA) is 95.9 Å². The van der Waals surface area contributed by atoms with Crippen LogP contribution in [0.5, 0.6) is 0 Å². The first-order valence-corrected chi connectivity index (χ1v) is 5.89. The maximum absolute atomic E-state index is 11.8. The van der Waals surface area contributed by atoms with Crippen molar-refractivity contribution >= 4 is 12.0 Å². The van der Waals surface area contributed by atoms with Crippen LogP contribution < -0.4 is 5.32 Å². The summed E-state index contributed by atoms with van der Waals surface area (Å²) in [6, 6.07) is 6.06. The second-order valence-corrected chi connectivity index (χ2v) is 4.17. The lowest BCUT2D eigenvalue weighted by atomic mass is 10.4. The van der Waals surface area contributed by atoms with Crippen molar-refractivity contribution < 1.29 is 23.5 Å². The van der Waals surface area contributed by atoms with E-state index in [-0.39, 0.29) is 18.3 Å². The molecule has 2 amide bonds. The number of aromatic carboxylic acids is 1. The van der Waals surface area contributed by atoms with Crippen LogP contribution in [0.3, 0.4) is 0 Å². The monoisotopic (exact) mass is 278 g/mol. The van der Waals surface area contributed by atoms with Crippen LogP contribution in [-0.2, 0) is 13.1 Å². The first-order valence-electron chi connectivity index (χ1n) is 5.89. The van der Waals surface area contributed by atoms with Gasteiger partial charge in [-0.1, -0.05) is 0 Å². The van der Waals surface area contributed by atoms with E-state index in [4.69, 9.17) is 13.9 Å². The lowest BCUT2D eigenvalue weighted by Crippen LogP contribution is -2.36. The molecule has 0 aliphatic rings. The van der Waals surface area contributed by atoms with Gasteiger partial charge < -0.3 is 24.2 Å². The van der Waals surface area contributed by atoms with Gasteiger partial charge in [0.2, 0.25) is 5.76 Å². The average Bonchev–Trinajstić information content (AvgIpc) is 3.06. The molecule has 0 unspecified atom stereocenters. The molecule has 2 aromatic heterocycles. The first kappa shape index (κ1) is 13.7. The Morgan fingerprint density at radius 1 is 1.30 bits per heavy atom. The fraction of sp³-hybridized carbons (Fsp3) is 0.231. The third-order valence-corrected chi connectivity index (χ3v) is 2.61. The second-order valence-electron chi connectivity index (χ2n) is 4.17. The van der Waals surface area contributed by atoms with Gasteiger partial charge in [0.1, 0.15) is 11.5 Å². The van der Waals surface area contributed by atoms with Crippen molar-refractivity contribution in [1.82, 2.24) is 10.2 Å². The zero-order valence-electron chi connectivity index (χ0n) is 10.8. The molecule has 0 saturated carbocycles. The standard InChI is InChI=1S/C13H14N2O5/c1-15(8-10-3-2-6-19-10)13(18)14-7-9-4-5-11(20-9)12(16)17/h2-6H,7-8H2,1H3,(H,14,18)(H,16,17). The van der Waals surface area contributed by atoms with Crippen LogP contribution in [0.2, 0.25) is 0 Å². The molecule has 2 rings (SSSR count). The van der Waals surface area contributed by atoms with E-state index < -0.39 is 5.97 Å². The van der Waals surface area contributed by atoms with E-state index in [1.54, 1.807) is 19.2 Å². The Hall–Kier alpha value is -2.70. The van der Waals surface area contributed by atoms with E-state index in [0.717, 1.165) is 0 Å². The minimum absolute atomic E-state index is 0.120. The van der Waals surface area contributed by atoms with Crippen molar-refractivity contribution in [3.05, 3.63) is 47.8 Å². The summed E-state index contributed by atoms with van der Waals surface area (Å²) in [5.41, 5.74) is 0.